The predicted molar refractivity (Wildman–Crippen MR) is 83.5 cm³/mol. The number of hydrogen-bond acceptors (Lipinski definition) is 2. The molecular formula is C17H28N2. The second-order valence-electron chi connectivity index (χ2n) is 6.18. The molecule has 1 fully saturated rings. The Balaban J connectivity index is 1.98. The fraction of sp³-hybridized carbons (Fsp3) is 0.647. The van der Waals surface area contributed by atoms with Gasteiger partial charge in [-0.25, -0.2) is 0 Å². The molecular weight excluding hydrogens is 232 g/mol. The summed E-state index contributed by atoms with van der Waals surface area (Å²) in [7, 11) is 0. The molecule has 0 saturated heterocycles. The van der Waals surface area contributed by atoms with Crippen molar-refractivity contribution >= 4 is 5.69 Å². The van der Waals surface area contributed by atoms with Crippen LogP contribution in [0.5, 0.6) is 0 Å². The normalized spacial score (nSPS) is 18.4. The van der Waals surface area contributed by atoms with Crippen LogP contribution >= 0.6 is 0 Å². The molecule has 0 aliphatic heterocycles. The molecule has 1 unspecified atom stereocenters. The molecule has 1 saturated carbocycles. The van der Waals surface area contributed by atoms with Crippen LogP contribution in [0.15, 0.2) is 24.3 Å². The van der Waals surface area contributed by atoms with Crippen LogP contribution in [0.3, 0.4) is 0 Å². The van der Waals surface area contributed by atoms with Crippen molar-refractivity contribution in [1.29, 1.82) is 0 Å². The molecule has 106 valence electrons. The third-order valence-corrected chi connectivity index (χ3v) is 4.69. The SMILES string of the molecule is CCN(CC)Cc1cccc(NC(C)C2(C)CC2)c1. The molecule has 1 aliphatic carbocycles. The van der Waals surface area contributed by atoms with Crippen molar-refractivity contribution in [3.8, 4) is 0 Å². The molecule has 1 aliphatic rings. The van der Waals surface area contributed by atoms with E-state index in [1.807, 2.05) is 0 Å². The summed E-state index contributed by atoms with van der Waals surface area (Å²) in [6, 6.07) is 9.46. The highest BCUT2D eigenvalue weighted by Crippen LogP contribution is 2.48. The minimum Gasteiger partial charge on any atom is -0.382 e. The number of nitrogens with zero attached hydrogens (tertiary/aromatic N) is 1. The van der Waals surface area contributed by atoms with E-state index < -0.39 is 0 Å². The van der Waals surface area contributed by atoms with E-state index in [4.69, 9.17) is 0 Å². The summed E-state index contributed by atoms with van der Waals surface area (Å²) in [4.78, 5) is 2.45. The summed E-state index contributed by atoms with van der Waals surface area (Å²) in [6.45, 7) is 12.4. The quantitative estimate of drug-likeness (QED) is 0.793. The summed E-state index contributed by atoms with van der Waals surface area (Å²) in [6.07, 6.45) is 2.72. The van der Waals surface area contributed by atoms with Gasteiger partial charge in [-0.1, -0.05) is 32.9 Å². The fourth-order valence-corrected chi connectivity index (χ4v) is 2.52. The van der Waals surface area contributed by atoms with Gasteiger partial charge in [-0.05, 0) is 56.0 Å². The van der Waals surface area contributed by atoms with Gasteiger partial charge in [-0.2, -0.15) is 0 Å². The van der Waals surface area contributed by atoms with Gasteiger partial charge in [-0.3, -0.25) is 4.90 Å². The van der Waals surface area contributed by atoms with Crippen LogP contribution in [0.1, 0.15) is 46.1 Å². The van der Waals surface area contributed by atoms with Crippen molar-refractivity contribution in [3.05, 3.63) is 29.8 Å². The van der Waals surface area contributed by atoms with Crippen molar-refractivity contribution in [2.75, 3.05) is 18.4 Å². The molecule has 0 radical (unpaired) electrons. The highest BCUT2D eigenvalue weighted by molar-refractivity contribution is 5.47. The lowest BCUT2D eigenvalue weighted by atomic mass is 10.0. The molecule has 1 aromatic rings. The maximum absolute atomic E-state index is 3.68. The molecule has 2 heteroatoms. The summed E-state index contributed by atoms with van der Waals surface area (Å²) in [5.41, 5.74) is 3.20. The average Bonchev–Trinajstić information content (AvgIpc) is 3.16. The van der Waals surface area contributed by atoms with Gasteiger partial charge in [0, 0.05) is 18.3 Å². The third kappa shape index (κ3) is 3.73. The van der Waals surface area contributed by atoms with Crippen LogP contribution in [0.4, 0.5) is 5.69 Å². The van der Waals surface area contributed by atoms with E-state index in [0.29, 0.717) is 11.5 Å². The van der Waals surface area contributed by atoms with Gasteiger partial charge < -0.3 is 5.32 Å². The largest absolute Gasteiger partial charge is 0.382 e. The van der Waals surface area contributed by atoms with E-state index in [2.05, 4.69) is 62.2 Å². The molecule has 0 spiro atoms. The molecule has 0 amide bonds. The van der Waals surface area contributed by atoms with Gasteiger partial charge in [0.25, 0.3) is 0 Å². The van der Waals surface area contributed by atoms with E-state index >= 15 is 0 Å². The van der Waals surface area contributed by atoms with Gasteiger partial charge in [0.2, 0.25) is 0 Å². The summed E-state index contributed by atoms with van der Waals surface area (Å²) >= 11 is 0. The van der Waals surface area contributed by atoms with Crippen LogP contribution in [0.25, 0.3) is 0 Å². The maximum atomic E-state index is 3.68. The Morgan fingerprint density at radius 2 is 1.95 bits per heavy atom. The lowest BCUT2D eigenvalue weighted by Gasteiger charge is -2.23. The summed E-state index contributed by atoms with van der Waals surface area (Å²) in [5.74, 6) is 0. The fourth-order valence-electron chi connectivity index (χ4n) is 2.52. The van der Waals surface area contributed by atoms with Crippen molar-refractivity contribution in [2.24, 2.45) is 5.41 Å². The van der Waals surface area contributed by atoms with Crippen LogP contribution in [-0.4, -0.2) is 24.0 Å². The first kappa shape index (κ1) is 14.4. The van der Waals surface area contributed by atoms with Crippen molar-refractivity contribution < 1.29 is 0 Å². The second kappa shape index (κ2) is 5.96. The Morgan fingerprint density at radius 3 is 2.53 bits per heavy atom. The van der Waals surface area contributed by atoms with Crippen LogP contribution in [-0.2, 0) is 6.54 Å². The zero-order valence-electron chi connectivity index (χ0n) is 12.9. The molecule has 0 aromatic heterocycles. The minimum absolute atomic E-state index is 0.523. The van der Waals surface area contributed by atoms with Gasteiger partial charge in [0.1, 0.15) is 0 Å². The molecule has 2 nitrogen and oxygen atoms in total. The number of benzene rings is 1. The topological polar surface area (TPSA) is 15.3 Å². The Bertz CT molecular complexity index is 405. The Labute approximate surface area is 118 Å². The Hall–Kier alpha value is -1.02. The molecule has 1 N–H and O–H groups in total. The first-order valence-corrected chi connectivity index (χ1v) is 7.65. The van der Waals surface area contributed by atoms with Crippen LogP contribution in [0, 0.1) is 5.41 Å². The molecule has 1 aromatic carbocycles. The van der Waals surface area contributed by atoms with E-state index in [9.17, 15) is 0 Å². The zero-order valence-corrected chi connectivity index (χ0v) is 12.9. The minimum atomic E-state index is 0.523. The van der Waals surface area contributed by atoms with Gasteiger partial charge in [-0.15, -0.1) is 0 Å². The lowest BCUT2D eigenvalue weighted by molar-refractivity contribution is 0.296. The smallest absolute Gasteiger partial charge is 0.0345 e. The van der Waals surface area contributed by atoms with E-state index in [1.165, 1.54) is 24.1 Å². The second-order valence-corrected chi connectivity index (χ2v) is 6.18. The lowest BCUT2D eigenvalue weighted by Crippen LogP contribution is -2.25. The van der Waals surface area contributed by atoms with Crippen molar-refractivity contribution in [2.45, 2.75) is 53.1 Å². The highest BCUT2D eigenvalue weighted by Gasteiger charge is 2.42. The van der Waals surface area contributed by atoms with Crippen LogP contribution < -0.4 is 5.32 Å². The van der Waals surface area contributed by atoms with E-state index in [1.54, 1.807) is 0 Å². The molecule has 1 atom stereocenters. The van der Waals surface area contributed by atoms with Crippen LogP contribution in [0.2, 0.25) is 0 Å². The molecule has 19 heavy (non-hydrogen) atoms. The first-order valence-electron chi connectivity index (χ1n) is 7.65. The van der Waals surface area contributed by atoms with Crippen molar-refractivity contribution in [1.82, 2.24) is 4.90 Å². The third-order valence-electron chi connectivity index (χ3n) is 4.69. The van der Waals surface area contributed by atoms with Gasteiger partial charge in [0.05, 0.1) is 0 Å². The molecule has 0 heterocycles. The number of rotatable bonds is 7. The van der Waals surface area contributed by atoms with Gasteiger partial charge in [0.15, 0.2) is 0 Å². The zero-order chi connectivity index (χ0) is 13.9. The maximum Gasteiger partial charge on any atom is 0.0345 e. The number of nitrogens with one attached hydrogen (secondary N) is 1. The Kier molecular flexibility index (Phi) is 4.51. The highest BCUT2D eigenvalue weighted by atomic mass is 15.1. The predicted octanol–water partition coefficient (Wildman–Crippen LogP) is 4.13. The van der Waals surface area contributed by atoms with E-state index in [0.717, 1.165) is 19.6 Å². The average molecular weight is 260 g/mol. The Morgan fingerprint density at radius 1 is 1.26 bits per heavy atom. The number of anilines is 1. The van der Waals surface area contributed by atoms with E-state index in [-0.39, 0.29) is 0 Å². The molecule has 0 bridgehead atoms. The summed E-state index contributed by atoms with van der Waals surface area (Å²) in [5, 5.41) is 3.68. The first-order chi connectivity index (χ1) is 9.07. The molecule has 2 rings (SSSR count). The standard InChI is InChI=1S/C17H28N2/c1-5-19(6-2)13-15-8-7-9-16(12-15)18-14(3)17(4)10-11-17/h7-9,12,14,18H,5-6,10-11,13H2,1-4H3. The monoisotopic (exact) mass is 260 g/mol. The number of hydrogen-bond donors (Lipinski definition) is 1. The van der Waals surface area contributed by atoms with Gasteiger partial charge >= 0.3 is 0 Å². The summed E-state index contributed by atoms with van der Waals surface area (Å²) < 4.78 is 0. The van der Waals surface area contributed by atoms with Crippen molar-refractivity contribution in [3.63, 3.8) is 0 Å².